The molecule has 1 N–H and O–H groups in total. The zero-order chi connectivity index (χ0) is 24.1. The summed E-state index contributed by atoms with van der Waals surface area (Å²) in [6.45, 7) is 4.05. The van der Waals surface area contributed by atoms with Crippen molar-refractivity contribution in [2.24, 2.45) is 0 Å². The topological polar surface area (TPSA) is 111 Å². The summed E-state index contributed by atoms with van der Waals surface area (Å²) in [5, 5.41) is 22.5. The molecule has 0 radical (unpaired) electrons. The number of nitro benzene ring substituents is 1. The van der Waals surface area contributed by atoms with Crippen LogP contribution in [0.5, 0.6) is 0 Å². The number of nitrogens with zero attached hydrogens (tertiary/aromatic N) is 4. The van der Waals surface area contributed by atoms with Gasteiger partial charge in [-0.15, -0.1) is 10.2 Å². The third kappa shape index (κ3) is 5.62. The molecule has 0 bridgehead atoms. The molecule has 34 heavy (non-hydrogen) atoms. The van der Waals surface area contributed by atoms with Gasteiger partial charge in [-0.05, 0) is 26.0 Å². The largest absolute Gasteiger partial charge is 0.325 e. The highest BCUT2D eigenvalue weighted by molar-refractivity contribution is 7.99. The molecular weight excluding hydrogens is 450 g/mol. The number of aryl methyl sites for hydroxylation is 2. The summed E-state index contributed by atoms with van der Waals surface area (Å²) in [5.41, 5.74) is 5.91. The molecular formula is C25H21N5O3S. The quantitative estimate of drug-likeness (QED) is 0.216. The van der Waals surface area contributed by atoms with Crippen molar-refractivity contribution < 1.29 is 9.72 Å². The Morgan fingerprint density at radius 2 is 1.41 bits per heavy atom. The van der Waals surface area contributed by atoms with Gasteiger partial charge in [0, 0.05) is 28.9 Å². The van der Waals surface area contributed by atoms with E-state index in [1.165, 1.54) is 36.0 Å². The summed E-state index contributed by atoms with van der Waals surface area (Å²) in [6, 6.07) is 21.7. The maximum Gasteiger partial charge on any atom is 0.269 e. The molecule has 0 aliphatic rings. The van der Waals surface area contributed by atoms with Crippen molar-refractivity contribution in [3.05, 3.63) is 94.0 Å². The van der Waals surface area contributed by atoms with Crippen LogP contribution in [0.25, 0.3) is 22.5 Å². The molecule has 170 valence electrons. The van der Waals surface area contributed by atoms with E-state index in [1.807, 2.05) is 62.4 Å². The maximum absolute atomic E-state index is 12.4. The summed E-state index contributed by atoms with van der Waals surface area (Å²) in [5.74, 6) is -0.211. The van der Waals surface area contributed by atoms with Gasteiger partial charge in [-0.2, -0.15) is 0 Å². The number of nitro groups is 1. The van der Waals surface area contributed by atoms with Crippen LogP contribution < -0.4 is 5.32 Å². The van der Waals surface area contributed by atoms with Crippen molar-refractivity contribution in [2.45, 2.75) is 19.0 Å². The fraction of sp³-hybridized carbons (Fsp3) is 0.120. The predicted octanol–water partition coefficient (Wildman–Crippen LogP) is 5.46. The number of thioether (sulfide) groups is 1. The van der Waals surface area contributed by atoms with Gasteiger partial charge in [0.15, 0.2) is 0 Å². The molecule has 9 heteroatoms. The Bertz CT molecular complexity index is 1320. The summed E-state index contributed by atoms with van der Waals surface area (Å²) < 4.78 is 0. The van der Waals surface area contributed by atoms with Gasteiger partial charge >= 0.3 is 0 Å². The Morgan fingerprint density at radius 3 is 1.97 bits per heavy atom. The molecule has 0 fully saturated rings. The minimum atomic E-state index is -0.488. The van der Waals surface area contributed by atoms with E-state index in [0.29, 0.717) is 22.2 Å². The third-order valence-electron chi connectivity index (χ3n) is 5.01. The molecule has 0 saturated heterocycles. The van der Waals surface area contributed by atoms with E-state index in [-0.39, 0.29) is 17.3 Å². The number of carbonyl (C=O) groups is 1. The lowest BCUT2D eigenvalue weighted by Gasteiger charge is -2.10. The second-order valence-electron chi connectivity index (χ2n) is 7.66. The SMILES string of the molecule is Cc1ccc(-c2nnc(SCC(=O)Nc3ccc([N+](=O)[O-])cc3)nc2-c2ccc(C)cc2)cc1. The Labute approximate surface area is 200 Å². The monoisotopic (exact) mass is 471 g/mol. The number of carbonyl (C=O) groups excluding carboxylic acids is 1. The Kier molecular flexibility index (Phi) is 6.93. The smallest absolute Gasteiger partial charge is 0.269 e. The molecule has 0 saturated carbocycles. The average molecular weight is 472 g/mol. The standard InChI is InChI=1S/C25H21N5O3S/c1-16-3-7-18(8-4-16)23-24(19-9-5-17(2)6-10-19)28-29-25(27-23)34-15-22(31)26-20-11-13-21(14-12-20)30(32)33/h3-14H,15H2,1-2H3,(H,26,31). The van der Waals surface area contributed by atoms with E-state index in [0.717, 1.165) is 22.3 Å². The van der Waals surface area contributed by atoms with Crippen molar-refractivity contribution in [3.63, 3.8) is 0 Å². The number of benzene rings is 3. The Morgan fingerprint density at radius 1 is 0.853 bits per heavy atom. The molecule has 1 aromatic heterocycles. The van der Waals surface area contributed by atoms with E-state index in [1.54, 1.807) is 0 Å². The third-order valence-corrected chi connectivity index (χ3v) is 5.85. The van der Waals surface area contributed by atoms with E-state index < -0.39 is 4.92 Å². The van der Waals surface area contributed by atoms with Gasteiger partial charge < -0.3 is 5.32 Å². The molecule has 4 aromatic rings. The molecule has 0 spiro atoms. The summed E-state index contributed by atoms with van der Waals surface area (Å²) in [4.78, 5) is 27.4. The molecule has 4 rings (SSSR count). The molecule has 0 unspecified atom stereocenters. The summed E-state index contributed by atoms with van der Waals surface area (Å²) in [7, 11) is 0. The highest BCUT2D eigenvalue weighted by Crippen LogP contribution is 2.30. The minimum Gasteiger partial charge on any atom is -0.325 e. The van der Waals surface area contributed by atoms with E-state index in [4.69, 9.17) is 4.98 Å². The first-order chi connectivity index (χ1) is 16.4. The number of hydrogen-bond acceptors (Lipinski definition) is 7. The van der Waals surface area contributed by atoms with Gasteiger partial charge in [0.25, 0.3) is 5.69 Å². The normalized spacial score (nSPS) is 10.6. The first kappa shape index (κ1) is 23.1. The zero-order valence-corrected chi connectivity index (χ0v) is 19.4. The zero-order valence-electron chi connectivity index (χ0n) is 18.6. The van der Waals surface area contributed by atoms with Crippen LogP contribution in [0.1, 0.15) is 11.1 Å². The fourth-order valence-electron chi connectivity index (χ4n) is 3.18. The Hall–Kier alpha value is -4.11. The van der Waals surface area contributed by atoms with E-state index in [9.17, 15) is 14.9 Å². The number of rotatable bonds is 7. The predicted molar refractivity (Wildman–Crippen MR) is 133 cm³/mol. The lowest BCUT2D eigenvalue weighted by atomic mass is 10.0. The van der Waals surface area contributed by atoms with Crippen LogP contribution in [-0.4, -0.2) is 31.8 Å². The molecule has 0 aliphatic carbocycles. The van der Waals surface area contributed by atoms with Crippen LogP contribution in [0.3, 0.4) is 0 Å². The van der Waals surface area contributed by atoms with Gasteiger partial charge in [0.05, 0.1) is 10.7 Å². The van der Waals surface area contributed by atoms with Crippen LogP contribution in [-0.2, 0) is 4.79 Å². The fourth-order valence-corrected chi connectivity index (χ4v) is 3.77. The second kappa shape index (κ2) is 10.2. The first-order valence-electron chi connectivity index (χ1n) is 10.4. The van der Waals surface area contributed by atoms with Crippen molar-refractivity contribution >= 4 is 29.0 Å². The van der Waals surface area contributed by atoms with Gasteiger partial charge in [0.1, 0.15) is 11.4 Å². The number of non-ortho nitro benzene ring substituents is 1. The van der Waals surface area contributed by atoms with Crippen LogP contribution in [0.2, 0.25) is 0 Å². The minimum absolute atomic E-state index is 0.0378. The van der Waals surface area contributed by atoms with Gasteiger partial charge in [-0.3, -0.25) is 14.9 Å². The van der Waals surface area contributed by atoms with E-state index >= 15 is 0 Å². The second-order valence-corrected chi connectivity index (χ2v) is 8.61. The number of hydrogen-bond donors (Lipinski definition) is 1. The average Bonchev–Trinajstić information content (AvgIpc) is 2.84. The summed E-state index contributed by atoms with van der Waals surface area (Å²) >= 11 is 1.17. The molecule has 8 nitrogen and oxygen atoms in total. The molecule has 0 aliphatic heterocycles. The molecule has 3 aromatic carbocycles. The lowest BCUT2D eigenvalue weighted by Crippen LogP contribution is -2.14. The molecule has 1 amide bonds. The van der Waals surface area contributed by atoms with Gasteiger partial charge in [0.2, 0.25) is 11.1 Å². The number of nitrogens with one attached hydrogen (secondary N) is 1. The number of anilines is 1. The Balaban J connectivity index is 1.53. The van der Waals surface area contributed by atoms with Gasteiger partial charge in [-0.1, -0.05) is 71.4 Å². The molecule has 1 heterocycles. The lowest BCUT2D eigenvalue weighted by molar-refractivity contribution is -0.384. The van der Waals surface area contributed by atoms with Crippen molar-refractivity contribution in [1.82, 2.24) is 15.2 Å². The summed E-state index contributed by atoms with van der Waals surface area (Å²) in [6.07, 6.45) is 0. The van der Waals surface area contributed by atoms with Gasteiger partial charge in [-0.25, -0.2) is 4.98 Å². The molecule has 0 atom stereocenters. The number of amides is 1. The van der Waals surface area contributed by atoms with E-state index in [2.05, 4.69) is 15.5 Å². The van der Waals surface area contributed by atoms with Crippen LogP contribution >= 0.6 is 11.8 Å². The van der Waals surface area contributed by atoms with Crippen molar-refractivity contribution in [3.8, 4) is 22.5 Å². The van der Waals surface area contributed by atoms with Crippen LogP contribution in [0.15, 0.2) is 78.0 Å². The maximum atomic E-state index is 12.4. The highest BCUT2D eigenvalue weighted by Gasteiger charge is 2.15. The van der Waals surface area contributed by atoms with Crippen LogP contribution in [0, 0.1) is 24.0 Å². The van der Waals surface area contributed by atoms with Crippen molar-refractivity contribution in [1.29, 1.82) is 0 Å². The number of aromatic nitrogens is 3. The van der Waals surface area contributed by atoms with Crippen molar-refractivity contribution in [2.75, 3.05) is 11.1 Å². The highest BCUT2D eigenvalue weighted by atomic mass is 32.2. The first-order valence-corrected chi connectivity index (χ1v) is 11.4. The van der Waals surface area contributed by atoms with Crippen LogP contribution in [0.4, 0.5) is 11.4 Å².